The first-order valence-corrected chi connectivity index (χ1v) is 14.2. The fourth-order valence-electron chi connectivity index (χ4n) is 5.99. The fourth-order valence-corrected chi connectivity index (χ4v) is 6.89. The van der Waals surface area contributed by atoms with Gasteiger partial charge in [-0.2, -0.15) is 0 Å². The van der Waals surface area contributed by atoms with Gasteiger partial charge in [0.2, 0.25) is 0 Å². The zero-order valence-electron chi connectivity index (χ0n) is 21.1. The highest BCUT2D eigenvalue weighted by Gasteiger charge is 2.45. The molecule has 2 nitrogen and oxygen atoms in total. The van der Waals surface area contributed by atoms with Gasteiger partial charge in [-0.15, -0.1) is 0 Å². The molecule has 6 heteroatoms. The average Bonchev–Trinajstić information content (AvgIpc) is 3.09. The lowest BCUT2D eigenvalue weighted by atomic mass is 9.75. The third kappa shape index (κ3) is 4.66. The quantitative estimate of drug-likeness (QED) is 0.299. The molecule has 4 aromatic carbocycles. The molecule has 168 valence electrons. The van der Waals surface area contributed by atoms with Gasteiger partial charge in [-0.05, 0) is 63.2 Å². The second-order valence-electron chi connectivity index (χ2n) is 10.6. The van der Waals surface area contributed by atoms with Crippen LogP contribution in [0.15, 0.2) is 91.0 Å². The lowest BCUT2D eigenvalue weighted by molar-refractivity contribution is 0.425. The van der Waals surface area contributed by atoms with Gasteiger partial charge >= 0.3 is 0 Å². The van der Waals surface area contributed by atoms with Gasteiger partial charge in [-0.3, -0.25) is 0 Å². The summed E-state index contributed by atoms with van der Waals surface area (Å²) in [6.45, 7) is 7.19. The molecule has 1 unspecified atom stereocenters. The summed E-state index contributed by atoms with van der Waals surface area (Å²) in [5.74, 6) is 0. The van der Waals surface area contributed by atoms with Crippen molar-refractivity contribution >= 4 is 77.4 Å². The Hall–Kier alpha value is -1.39. The van der Waals surface area contributed by atoms with Crippen molar-refractivity contribution in [2.24, 2.45) is 0 Å². The highest BCUT2D eigenvalue weighted by atomic mass is 27.1. The Morgan fingerprint density at radius 2 is 1.08 bits per heavy atom. The number of para-hydroxylation sites is 2. The number of hydrogen-bond donors (Lipinski definition) is 0. The van der Waals surface area contributed by atoms with E-state index in [-0.39, 0.29) is 10.8 Å². The summed E-state index contributed by atoms with van der Waals surface area (Å²) in [6.07, 6.45) is 1.08. The van der Waals surface area contributed by atoms with E-state index in [1.54, 1.807) is 0 Å². The van der Waals surface area contributed by atoms with E-state index in [9.17, 15) is 0 Å². The molecule has 1 atom stereocenters. The summed E-state index contributed by atoms with van der Waals surface area (Å²) in [6, 6.07) is 33.4. The van der Waals surface area contributed by atoms with Gasteiger partial charge in [0, 0.05) is 16.5 Å². The van der Waals surface area contributed by atoms with Crippen molar-refractivity contribution in [3.63, 3.8) is 0 Å². The maximum Gasteiger partial charge on any atom is 0.277 e. The van der Waals surface area contributed by atoms with Crippen LogP contribution in [0.4, 0.5) is 11.4 Å². The third-order valence-electron chi connectivity index (χ3n) is 7.65. The Balaban J connectivity index is 1.56. The van der Waals surface area contributed by atoms with Crippen LogP contribution in [0.5, 0.6) is 0 Å². The molecule has 1 aliphatic rings. The van der Waals surface area contributed by atoms with Crippen LogP contribution in [-0.2, 0) is 10.8 Å². The van der Waals surface area contributed by atoms with Crippen molar-refractivity contribution < 1.29 is 0 Å². The van der Waals surface area contributed by atoms with Crippen molar-refractivity contribution in [3.8, 4) is 22.3 Å². The van der Waals surface area contributed by atoms with E-state index in [4.69, 9.17) is 0 Å². The third-order valence-corrected chi connectivity index (χ3v) is 8.76. The predicted octanol–water partition coefficient (Wildman–Crippen LogP) is 5.95. The zero-order chi connectivity index (χ0) is 25.7. The van der Waals surface area contributed by atoms with Crippen LogP contribution in [0.2, 0.25) is 0 Å². The molecular weight excluding hydrogens is 496 g/mol. The minimum absolute atomic E-state index is 0.0323. The van der Waals surface area contributed by atoms with E-state index in [0.29, 0.717) is 0 Å². The van der Waals surface area contributed by atoms with Crippen molar-refractivity contribution in [2.45, 2.75) is 38.0 Å². The van der Waals surface area contributed by atoms with E-state index in [1.807, 2.05) is 5.73 Å². The summed E-state index contributed by atoms with van der Waals surface area (Å²) < 4.78 is 4.05. The Labute approximate surface area is 249 Å². The monoisotopic (exact) mass is 522 g/mol. The first kappa shape index (κ1) is 26.2. The molecule has 0 aromatic heterocycles. The van der Waals surface area contributed by atoms with Crippen molar-refractivity contribution in [3.05, 3.63) is 108 Å². The van der Waals surface area contributed by atoms with Gasteiger partial charge in [-0.1, -0.05) is 99.6 Å². The molecule has 0 spiro atoms. The van der Waals surface area contributed by atoms with Gasteiger partial charge < -0.3 is 5.73 Å². The van der Waals surface area contributed by atoms with Crippen LogP contribution in [0.1, 0.15) is 43.9 Å². The molecule has 0 amide bonds. The molecular formula is C30H26Al4N2. The lowest BCUT2D eigenvalue weighted by Crippen LogP contribution is -2.23. The van der Waals surface area contributed by atoms with E-state index >= 15 is 0 Å². The normalized spacial score (nSPS) is 18.0. The van der Waals surface area contributed by atoms with Gasteiger partial charge in [0.1, 0.15) is 0 Å². The maximum atomic E-state index is 2.75. The van der Waals surface area contributed by atoms with E-state index in [0.717, 1.165) is 6.42 Å². The molecule has 0 saturated carbocycles. The first-order valence-electron chi connectivity index (χ1n) is 12.2. The molecule has 0 fully saturated rings. The second-order valence-corrected chi connectivity index (χ2v) is 14.0. The molecule has 36 heavy (non-hydrogen) atoms. The largest absolute Gasteiger partial charge is 0.586 e. The first-order chi connectivity index (χ1) is 17.1. The Bertz CT molecular complexity index is 1410. The molecule has 0 aliphatic heterocycles. The minimum Gasteiger partial charge on any atom is -0.586 e. The number of anilines is 2. The van der Waals surface area contributed by atoms with Crippen LogP contribution in [0, 0.1) is 0 Å². The SMILES string of the molecule is CC1(C)CC(C)(c2ccc(-c3ccccc3[N]([Al])[Al])cc2)c2ccc(-c3ccccc3[N]([Al])[Al])cc21. The van der Waals surface area contributed by atoms with E-state index in [1.165, 1.54) is 50.3 Å². The van der Waals surface area contributed by atoms with Crippen LogP contribution >= 0.6 is 0 Å². The summed E-state index contributed by atoms with van der Waals surface area (Å²) >= 11 is 11.0. The van der Waals surface area contributed by atoms with Crippen LogP contribution < -0.4 is 5.73 Å². The molecule has 1 aliphatic carbocycles. The summed E-state index contributed by atoms with van der Waals surface area (Å²) in [4.78, 5) is 0. The summed E-state index contributed by atoms with van der Waals surface area (Å²) in [5.41, 5.74) is 11.6. The highest BCUT2D eigenvalue weighted by Crippen LogP contribution is 2.54. The maximum absolute atomic E-state index is 2.75. The molecule has 8 radical (unpaired) electrons. The predicted molar refractivity (Wildman–Crippen MR) is 156 cm³/mol. The van der Waals surface area contributed by atoms with Gasteiger partial charge in [0.05, 0.1) is 0 Å². The van der Waals surface area contributed by atoms with Gasteiger partial charge in [0.15, 0.2) is 0 Å². The molecule has 4 aromatic rings. The Morgan fingerprint density at radius 1 is 0.583 bits per heavy atom. The number of benzene rings is 4. The fraction of sp³-hybridized carbons (Fsp3) is 0.200. The molecule has 0 bridgehead atoms. The Morgan fingerprint density at radius 3 is 1.64 bits per heavy atom. The number of rotatable bonds is 5. The average molecular weight is 522 g/mol. The van der Waals surface area contributed by atoms with E-state index < -0.39 is 0 Å². The molecule has 0 heterocycles. The standard InChI is InChI=1S/C30H26N2.4Al/c1-29(2)19-30(3,22-15-12-20(13-16-22)23-8-4-6-10-27(23)31)25-17-14-21(18-26(25)29)24-9-5-7-11-28(24)32;;;;/h4-18H,19H2,1-3H3;;;;. The highest BCUT2D eigenvalue weighted by molar-refractivity contribution is 6.42. The van der Waals surface area contributed by atoms with E-state index in [2.05, 4.69) is 178 Å². The molecule has 5 rings (SSSR count). The van der Waals surface area contributed by atoms with Gasteiger partial charge in [0.25, 0.3) is 66.0 Å². The van der Waals surface area contributed by atoms with Gasteiger partial charge in [-0.25, -0.2) is 0 Å². The smallest absolute Gasteiger partial charge is 0.277 e. The molecule has 0 saturated heterocycles. The second kappa shape index (κ2) is 10.1. The number of hydrogen-bond acceptors (Lipinski definition) is 2. The lowest BCUT2D eigenvalue weighted by Gasteiger charge is -2.29. The van der Waals surface area contributed by atoms with Crippen LogP contribution in [0.3, 0.4) is 0 Å². The van der Waals surface area contributed by atoms with Crippen LogP contribution in [-0.4, -0.2) is 66.0 Å². The number of fused-ring (bicyclic) bond motifs is 1. The van der Waals surface area contributed by atoms with Crippen molar-refractivity contribution in [1.82, 2.24) is 0 Å². The number of nitrogens with zero attached hydrogens (tertiary/aromatic N) is 2. The molecule has 0 N–H and O–H groups in total. The van der Waals surface area contributed by atoms with Crippen molar-refractivity contribution in [2.75, 3.05) is 5.73 Å². The van der Waals surface area contributed by atoms with Crippen LogP contribution in [0.25, 0.3) is 22.3 Å². The zero-order valence-corrected chi connectivity index (χ0v) is 25.7. The summed E-state index contributed by atoms with van der Waals surface area (Å²) in [7, 11) is 0. The Kier molecular flexibility index (Phi) is 7.33. The summed E-state index contributed by atoms with van der Waals surface area (Å²) in [5, 5.41) is 0. The minimum atomic E-state index is -0.0323. The van der Waals surface area contributed by atoms with Crippen molar-refractivity contribution in [1.29, 1.82) is 0 Å². The topological polar surface area (TPSA) is 6.48 Å².